The molecule has 2 nitrogen and oxygen atoms in total. The molecule has 2 heteroatoms. The standard InChI is InChI=1S/C15H24N2/c1-13-9-10-16-12-15(13)17-11-14-7-5-3-2-4-6-8-14/h9-10,12,14,17H,2-8,11H2,1H3. The highest BCUT2D eigenvalue weighted by Crippen LogP contribution is 2.23. The molecule has 1 heterocycles. The Bertz CT molecular complexity index is 327. The molecule has 0 aromatic carbocycles. The number of aromatic nitrogens is 1. The maximum atomic E-state index is 4.18. The van der Waals surface area contributed by atoms with Crippen molar-refractivity contribution in [3.05, 3.63) is 24.0 Å². The van der Waals surface area contributed by atoms with Gasteiger partial charge in [0.15, 0.2) is 0 Å². The van der Waals surface area contributed by atoms with E-state index in [2.05, 4.69) is 23.3 Å². The van der Waals surface area contributed by atoms with Crippen molar-refractivity contribution < 1.29 is 0 Å². The van der Waals surface area contributed by atoms with E-state index >= 15 is 0 Å². The molecule has 0 bridgehead atoms. The van der Waals surface area contributed by atoms with Crippen molar-refractivity contribution >= 4 is 5.69 Å². The highest BCUT2D eigenvalue weighted by atomic mass is 14.9. The van der Waals surface area contributed by atoms with E-state index in [-0.39, 0.29) is 0 Å². The summed E-state index contributed by atoms with van der Waals surface area (Å²) < 4.78 is 0. The molecule has 0 atom stereocenters. The summed E-state index contributed by atoms with van der Waals surface area (Å²) in [5.74, 6) is 0.856. The zero-order valence-corrected chi connectivity index (χ0v) is 10.9. The van der Waals surface area contributed by atoms with E-state index in [9.17, 15) is 0 Å². The summed E-state index contributed by atoms with van der Waals surface area (Å²) >= 11 is 0. The van der Waals surface area contributed by atoms with E-state index in [0.717, 1.165) is 12.5 Å². The molecular weight excluding hydrogens is 208 g/mol. The number of hydrogen-bond acceptors (Lipinski definition) is 2. The first-order valence-corrected chi connectivity index (χ1v) is 7.01. The molecule has 1 aromatic heterocycles. The fourth-order valence-electron chi connectivity index (χ4n) is 2.65. The van der Waals surface area contributed by atoms with Gasteiger partial charge in [-0.3, -0.25) is 4.98 Å². The van der Waals surface area contributed by atoms with Gasteiger partial charge in [0.2, 0.25) is 0 Å². The fourth-order valence-corrected chi connectivity index (χ4v) is 2.65. The zero-order valence-electron chi connectivity index (χ0n) is 10.9. The van der Waals surface area contributed by atoms with Gasteiger partial charge in [-0.1, -0.05) is 32.1 Å². The molecule has 0 saturated heterocycles. The third kappa shape index (κ3) is 4.03. The summed E-state index contributed by atoms with van der Waals surface area (Å²) in [6.45, 7) is 3.26. The fraction of sp³-hybridized carbons (Fsp3) is 0.667. The van der Waals surface area contributed by atoms with Gasteiger partial charge in [0.05, 0.1) is 11.9 Å². The Morgan fingerprint density at radius 2 is 1.88 bits per heavy atom. The first kappa shape index (κ1) is 12.4. The highest BCUT2D eigenvalue weighted by Gasteiger charge is 2.11. The average Bonchev–Trinajstić information content (AvgIpc) is 2.29. The molecule has 94 valence electrons. The van der Waals surface area contributed by atoms with E-state index in [1.807, 2.05) is 12.4 Å². The number of nitrogens with zero attached hydrogens (tertiary/aromatic N) is 1. The van der Waals surface area contributed by atoms with Crippen molar-refractivity contribution in [2.45, 2.75) is 51.9 Å². The van der Waals surface area contributed by atoms with Crippen LogP contribution in [0, 0.1) is 12.8 Å². The lowest BCUT2D eigenvalue weighted by molar-refractivity contribution is 0.392. The van der Waals surface area contributed by atoms with Crippen LogP contribution in [-0.2, 0) is 0 Å². The molecule has 0 spiro atoms. The summed E-state index contributed by atoms with van der Waals surface area (Å²) in [6.07, 6.45) is 13.7. The van der Waals surface area contributed by atoms with Gasteiger partial charge < -0.3 is 5.32 Å². The second-order valence-corrected chi connectivity index (χ2v) is 5.28. The summed E-state index contributed by atoms with van der Waals surface area (Å²) in [6, 6.07) is 2.07. The van der Waals surface area contributed by atoms with Crippen molar-refractivity contribution in [3.8, 4) is 0 Å². The number of anilines is 1. The van der Waals surface area contributed by atoms with Gasteiger partial charge in [-0.15, -0.1) is 0 Å². The normalized spacial score (nSPS) is 18.4. The number of nitrogens with one attached hydrogen (secondary N) is 1. The topological polar surface area (TPSA) is 24.9 Å². The summed E-state index contributed by atoms with van der Waals surface area (Å²) in [7, 11) is 0. The Kier molecular flexibility index (Phi) is 4.84. The maximum Gasteiger partial charge on any atom is 0.0556 e. The van der Waals surface area contributed by atoms with Crippen LogP contribution in [0.3, 0.4) is 0 Å². The minimum atomic E-state index is 0.856. The summed E-state index contributed by atoms with van der Waals surface area (Å²) in [4.78, 5) is 4.18. The van der Waals surface area contributed by atoms with Gasteiger partial charge in [-0.25, -0.2) is 0 Å². The van der Waals surface area contributed by atoms with Crippen LogP contribution in [0.15, 0.2) is 18.5 Å². The second-order valence-electron chi connectivity index (χ2n) is 5.28. The molecule has 0 aliphatic heterocycles. The quantitative estimate of drug-likeness (QED) is 0.846. The molecular formula is C15H24N2. The molecule has 0 radical (unpaired) electrons. The number of aryl methyl sites for hydroxylation is 1. The van der Waals surface area contributed by atoms with Crippen LogP contribution >= 0.6 is 0 Å². The van der Waals surface area contributed by atoms with E-state index in [4.69, 9.17) is 0 Å². The minimum absolute atomic E-state index is 0.856. The van der Waals surface area contributed by atoms with E-state index in [0.29, 0.717) is 0 Å². The van der Waals surface area contributed by atoms with Crippen molar-refractivity contribution in [1.29, 1.82) is 0 Å². The van der Waals surface area contributed by atoms with Gasteiger partial charge >= 0.3 is 0 Å². The Balaban J connectivity index is 1.82. The molecule has 0 unspecified atom stereocenters. The first-order chi connectivity index (χ1) is 8.36. The molecule has 1 N–H and O–H groups in total. The summed E-state index contributed by atoms with van der Waals surface area (Å²) in [5.41, 5.74) is 2.50. The van der Waals surface area contributed by atoms with Crippen LogP contribution < -0.4 is 5.32 Å². The zero-order chi connectivity index (χ0) is 11.9. The molecule has 2 rings (SSSR count). The van der Waals surface area contributed by atoms with Gasteiger partial charge in [0.25, 0.3) is 0 Å². The van der Waals surface area contributed by atoms with Crippen molar-refractivity contribution in [1.82, 2.24) is 4.98 Å². The van der Waals surface area contributed by atoms with Gasteiger partial charge in [0.1, 0.15) is 0 Å². The van der Waals surface area contributed by atoms with Crippen LogP contribution in [0.4, 0.5) is 5.69 Å². The van der Waals surface area contributed by atoms with Crippen LogP contribution in [0.5, 0.6) is 0 Å². The molecule has 0 amide bonds. The molecule has 17 heavy (non-hydrogen) atoms. The Labute approximate surface area is 105 Å². The third-order valence-corrected chi connectivity index (χ3v) is 3.85. The lowest BCUT2D eigenvalue weighted by atomic mass is 9.91. The lowest BCUT2D eigenvalue weighted by Crippen LogP contribution is -2.16. The Morgan fingerprint density at radius 1 is 1.18 bits per heavy atom. The Hall–Kier alpha value is -1.05. The van der Waals surface area contributed by atoms with E-state index in [1.165, 1.54) is 56.2 Å². The average molecular weight is 232 g/mol. The molecule has 1 aliphatic rings. The molecule has 1 aliphatic carbocycles. The highest BCUT2D eigenvalue weighted by molar-refractivity contribution is 5.47. The first-order valence-electron chi connectivity index (χ1n) is 7.01. The van der Waals surface area contributed by atoms with Gasteiger partial charge in [0, 0.05) is 12.7 Å². The monoisotopic (exact) mass is 232 g/mol. The molecule has 1 saturated carbocycles. The number of pyridine rings is 1. The van der Waals surface area contributed by atoms with Crippen molar-refractivity contribution in [2.75, 3.05) is 11.9 Å². The van der Waals surface area contributed by atoms with Crippen LogP contribution in [0.2, 0.25) is 0 Å². The maximum absolute atomic E-state index is 4.18. The number of hydrogen-bond donors (Lipinski definition) is 1. The van der Waals surface area contributed by atoms with Gasteiger partial charge in [-0.05, 0) is 37.3 Å². The predicted molar refractivity (Wildman–Crippen MR) is 73.3 cm³/mol. The van der Waals surface area contributed by atoms with Crippen LogP contribution in [0.1, 0.15) is 50.5 Å². The van der Waals surface area contributed by atoms with Crippen LogP contribution in [-0.4, -0.2) is 11.5 Å². The lowest BCUT2D eigenvalue weighted by Gasteiger charge is -2.21. The minimum Gasteiger partial charge on any atom is -0.383 e. The third-order valence-electron chi connectivity index (χ3n) is 3.85. The van der Waals surface area contributed by atoms with Crippen molar-refractivity contribution in [3.63, 3.8) is 0 Å². The van der Waals surface area contributed by atoms with Crippen LogP contribution in [0.25, 0.3) is 0 Å². The summed E-state index contributed by atoms with van der Waals surface area (Å²) in [5, 5.41) is 3.57. The van der Waals surface area contributed by atoms with Crippen molar-refractivity contribution in [2.24, 2.45) is 5.92 Å². The Morgan fingerprint density at radius 3 is 2.59 bits per heavy atom. The second kappa shape index (κ2) is 6.63. The van der Waals surface area contributed by atoms with E-state index < -0.39 is 0 Å². The molecule has 1 fully saturated rings. The number of rotatable bonds is 3. The van der Waals surface area contributed by atoms with E-state index in [1.54, 1.807) is 0 Å². The largest absolute Gasteiger partial charge is 0.383 e. The SMILES string of the molecule is Cc1ccncc1NCC1CCCCCCC1. The predicted octanol–water partition coefficient (Wildman–Crippen LogP) is 4.16. The smallest absolute Gasteiger partial charge is 0.0556 e. The van der Waals surface area contributed by atoms with Gasteiger partial charge in [-0.2, -0.15) is 0 Å². The molecule has 1 aromatic rings.